The van der Waals surface area contributed by atoms with Crippen molar-refractivity contribution in [3.8, 4) is 5.75 Å². The number of carbonyl (C=O) groups excluding carboxylic acids is 1. The van der Waals surface area contributed by atoms with Gasteiger partial charge in [-0.15, -0.1) is 0 Å². The number of halogens is 1. The van der Waals surface area contributed by atoms with E-state index in [0.717, 1.165) is 6.42 Å². The molecule has 3 nitrogen and oxygen atoms in total. The van der Waals surface area contributed by atoms with Crippen LogP contribution in [0.15, 0.2) is 18.2 Å². The predicted molar refractivity (Wildman–Crippen MR) is 67.4 cm³/mol. The van der Waals surface area contributed by atoms with E-state index in [1.165, 1.54) is 13.2 Å². The molecule has 0 aromatic heterocycles. The average molecular weight is 254 g/mol. The molecule has 0 bridgehead atoms. The van der Waals surface area contributed by atoms with Crippen molar-refractivity contribution in [3.63, 3.8) is 0 Å². The van der Waals surface area contributed by atoms with Crippen LogP contribution in [0.3, 0.4) is 0 Å². The number of hydrogen-bond donors (Lipinski definition) is 0. The third-order valence-corrected chi connectivity index (χ3v) is 2.52. The van der Waals surface area contributed by atoms with Gasteiger partial charge in [-0.05, 0) is 18.1 Å². The van der Waals surface area contributed by atoms with Gasteiger partial charge in [0, 0.05) is 19.4 Å². The number of benzene rings is 1. The summed E-state index contributed by atoms with van der Waals surface area (Å²) in [4.78, 5) is 11.6. The lowest BCUT2D eigenvalue weighted by Crippen LogP contribution is -2.09. The number of ketones is 1. The van der Waals surface area contributed by atoms with Crippen LogP contribution >= 0.6 is 0 Å². The highest BCUT2D eigenvalue weighted by Gasteiger charge is 2.11. The minimum absolute atomic E-state index is 0.0294. The Morgan fingerprint density at radius 3 is 2.78 bits per heavy atom. The average Bonchev–Trinajstić information content (AvgIpc) is 2.37. The van der Waals surface area contributed by atoms with Crippen LogP contribution in [0.25, 0.3) is 0 Å². The van der Waals surface area contributed by atoms with E-state index < -0.39 is 5.82 Å². The van der Waals surface area contributed by atoms with Crippen LogP contribution in [-0.2, 0) is 16.0 Å². The zero-order valence-corrected chi connectivity index (χ0v) is 10.9. The lowest BCUT2D eigenvalue weighted by Gasteiger charge is -2.07. The second-order valence-corrected chi connectivity index (χ2v) is 4.01. The van der Waals surface area contributed by atoms with Gasteiger partial charge in [0.15, 0.2) is 11.6 Å². The van der Waals surface area contributed by atoms with Crippen molar-refractivity contribution in [3.05, 3.63) is 29.6 Å². The smallest absolute Gasteiger partial charge is 0.168 e. The number of hydrogen-bond acceptors (Lipinski definition) is 3. The van der Waals surface area contributed by atoms with Gasteiger partial charge in [0.05, 0.1) is 13.7 Å². The van der Waals surface area contributed by atoms with E-state index in [2.05, 4.69) is 0 Å². The first-order valence-corrected chi connectivity index (χ1v) is 6.09. The molecule has 0 aliphatic carbocycles. The fourth-order valence-corrected chi connectivity index (χ4v) is 1.58. The van der Waals surface area contributed by atoms with E-state index in [4.69, 9.17) is 9.47 Å². The van der Waals surface area contributed by atoms with E-state index in [0.29, 0.717) is 25.2 Å². The minimum atomic E-state index is -0.456. The van der Waals surface area contributed by atoms with Gasteiger partial charge in [-0.2, -0.15) is 0 Å². The zero-order chi connectivity index (χ0) is 13.4. The summed E-state index contributed by atoms with van der Waals surface area (Å²) >= 11 is 0. The Morgan fingerprint density at radius 2 is 2.11 bits per heavy atom. The number of ether oxygens (including phenoxy) is 2. The van der Waals surface area contributed by atoms with Crippen LogP contribution in [0.5, 0.6) is 5.75 Å². The van der Waals surface area contributed by atoms with Gasteiger partial charge in [-0.25, -0.2) is 4.39 Å². The normalized spacial score (nSPS) is 10.4. The van der Waals surface area contributed by atoms with Gasteiger partial charge >= 0.3 is 0 Å². The van der Waals surface area contributed by atoms with Crippen LogP contribution in [0.4, 0.5) is 4.39 Å². The van der Waals surface area contributed by atoms with Crippen molar-refractivity contribution in [2.45, 2.75) is 26.2 Å². The summed E-state index contributed by atoms with van der Waals surface area (Å²) in [5, 5.41) is 0. The molecule has 0 N–H and O–H groups in total. The number of rotatable bonds is 8. The molecular formula is C14H19FO3. The molecule has 1 aromatic rings. The van der Waals surface area contributed by atoms with Gasteiger partial charge in [0.25, 0.3) is 0 Å². The lowest BCUT2D eigenvalue weighted by atomic mass is 10.1. The van der Waals surface area contributed by atoms with Gasteiger partial charge in [0.1, 0.15) is 5.78 Å². The fraction of sp³-hybridized carbons (Fsp3) is 0.500. The fourth-order valence-electron chi connectivity index (χ4n) is 1.58. The van der Waals surface area contributed by atoms with Gasteiger partial charge in [0.2, 0.25) is 0 Å². The lowest BCUT2D eigenvalue weighted by molar-refractivity contribution is -0.119. The molecule has 4 heteroatoms. The zero-order valence-electron chi connectivity index (χ0n) is 10.9. The van der Waals surface area contributed by atoms with Crippen molar-refractivity contribution < 1.29 is 18.7 Å². The van der Waals surface area contributed by atoms with Crippen LogP contribution in [0, 0.1) is 5.82 Å². The monoisotopic (exact) mass is 254 g/mol. The Balaban J connectivity index is 2.49. The van der Waals surface area contributed by atoms with Crippen LogP contribution < -0.4 is 4.74 Å². The molecule has 0 saturated heterocycles. The standard InChI is InChI=1S/C14H19FO3/c1-3-8-18-9-7-12(16)10-11-5-4-6-13(17-2)14(11)15/h4-6H,3,7-10H2,1-2H3. The molecule has 0 heterocycles. The third-order valence-electron chi connectivity index (χ3n) is 2.52. The Bertz CT molecular complexity index is 391. The van der Waals surface area contributed by atoms with Gasteiger partial charge in [-0.3, -0.25) is 4.79 Å². The summed E-state index contributed by atoms with van der Waals surface area (Å²) in [5.74, 6) is -0.316. The van der Waals surface area contributed by atoms with E-state index in [1.54, 1.807) is 12.1 Å². The summed E-state index contributed by atoms with van der Waals surface area (Å²) in [6, 6.07) is 4.81. The highest BCUT2D eigenvalue weighted by molar-refractivity contribution is 5.81. The molecule has 0 saturated carbocycles. The second-order valence-electron chi connectivity index (χ2n) is 4.01. The second kappa shape index (κ2) is 7.82. The van der Waals surface area contributed by atoms with Gasteiger partial charge < -0.3 is 9.47 Å². The first-order valence-electron chi connectivity index (χ1n) is 6.09. The minimum Gasteiger partial charge on any atom is -0.494 e. The van der Waals surface area contributed by atoms with Crippen molar-refractivity contribution >= 4 is 5.78 Å². The van der Waals surface area contributed by atoms with Crippen molar-refractivity contribution in [2.24, 2.45) is 0 Å². The SMILES string of the molecule is CCCOCCC(=O)Cc1cccc(OC)c1F. The summed E-state index contributed by atoms with van der Waals surface area (Å²) in [5.41, 5.74) is 0.370. The highest BCUT2D eigenvalue weighted by Crippen LogP contribution is 2.20. The Labute approximate surface area is 107 Å². The molecule has 0 radical (unpaired) electrons. The van der Waals surface area contributed by atoms with Crippen LogP contribution in [0.1, 0.15) is 25.3 Å². The first kappa shape index (κ1) is 14.6. The van der Waals surface area contributed by atoms with E-state index in [-0.39, 0.29) is 18.0 Å². The Kier molecular flexibility index (Phi) is 6.36. The first-order chi connectivity index (χ1) is 8.69. The third kappa shape index (κ3) is 4.45. The van der Waals surface area contributed by atoms with Crippen molar-refractivity contribution in [2.75, 3.05) is 20.3 Å². The molecule has 18 heavy (non-hydrogen) atoms. The van der Waals surface area contributed by atoms with E-state index >= 15 is 0 Å². The molecule has 0 aliphatic rings. The molecule has 1 rings (SSSR count). The topological polar surface area (TPSA) is 35.5 Å². The Hall–Kier alpha value is -1.42. The van der Waals surface area contributed by atoms with Crippen LogP contribution in [-0.4, -0.2) is 26.1 Å². The highest BCUT2D eigenvalue weighted by atomic mass is 19.1. The molecule has 0 fully saturated rings. The molecule has 0 amide bonds. The number of carbonyl (C=O) groups is 1. The quantitative estimate of drug-likeness (QED) is 0.669. The maximum absolute atomic E-state index is 13.8. The van der Waals surface area contributed by atoms with E-state index in [1.807, 2.05) is 6.92 Å². The molecule has 0 atom stereocenters. The van der Waals surface area contributed by atoms with Crippen LogP contribution in [0.2, 0.25) is 0 Å². The van der Waals surface area contributed by atoms with Crippen molar-refractivity contribution in [1.29, 1.82) is 0 Å². The maximum Gasteiger partial charge on any atom is 0.168 e. The summed E-state index contributed by atoms with van der Waals surface area (Å²) in [7, 11) is 1.41. The predicted octanol–water partition coefficient (Wildman–Crippen LogP) is 2.76. The largest absolute Gasteiger partial charge is 0.494 e. The molecule has 100 valence electrons. The molecule has 0 spiro atoms. The summed E-state index contributed by atoms with van der Waals surface area (Å²) in [6.07, 6.45) is 1.33. The summed E-state index contributed by atoms with van der Waals surface area (Å²) in [6.45, 7) is 3.06. The molecule has 0 aliphatic heterocycles. The number of methoxy groups -OCH3 is 1. The van der Waals surface area contributed by atoms with E-state index in [9.17, 15) is 9.18 Å². The summed E-state index contributed by atoms with van der Waals surface area (Å²) < 4.78 is 23.9. The maximum atomic E-state index is 13.8. The molecule has 0 unspecified atom stereocenters. The number of Topliss-reactive ketones (excluding diaryl/α,β-unsaturated/α-hetero) is 1. The Morgan fingerprint density at radius 1 is 1.33 bits per heavy atom. The molecule has 1 aromatic carbocycles. The van der Waals surface area contributed by atoms with Crippen molar-refractivity contribution in [1.82, 2.24) is 0 Å². The molecular weight excluding hydrogens is 235 g/mol. The van der Waals surface area contributed by atoms with Gasteiger partial charge in [-0.1, -0.05) is 19.1 Å².